The van der Waals surface area contributed by atoms with Crippen molar-refractivity contribution < 1.29 is 9.59 Å². The highest BCUT2D eigenvalue weighted by Gasteiger charge is 2.19. The number of anilines is 1. The van der Waals surface area contributed by atoms with Crippen LogP contribution in [0.5, 0.6) is 0 Å². The fraction of sp³-hybridized carbons (Fsp3) is 0.167. The maximum absolute atomic E-state index is 12.4. The number of amides is 2. The molecule has 0 atom stereocenters. The Balaban J connectivity index is 1.71. The highest BCUT2D eigenvalue weighted by atomic mass is 16.2. The molecule has 0 aliphatic carbocycles. The number of hydrogen-bond donors (Lipinski definition) is 2. The van der Waals surface area contributed by atoms with Crippen LogP contribution in [-0.2, 0) is 9.59 Å². The van der Waals surface area contributed by atoms with E-state index in [4.69, 9.17) is 0 Å². The molecule has 0 heterocycles. The molecule has 28 heavy (non-hydrogen) atoms. The first kappa shape index (κ1) is 19.4. The third-order valence-corrected chi connectivity index (χ3v) is 4.80. The van der Waals surface area contributed by atoms with Crippen LogP contribution in [-0.4, -0.2) is 18.4 Å². The lowest BCUT2D eigenvalue weighted by atomic mass is 9.91. The lowest BCUT2D eigenvalue weighted by Crippen LogP contribution is -2.38. The lowest BCUT2D eigenvalue weighted by molar-refractivity contribution is -0.136. The maximum atomic E-state index is 12.4. The van der Waals surface area contributed by atoms with E-state index in [1.807, 2.05) is 92.7 Å². The second-order valence-electron chi connectivity index (χ2n) is 6.80. The van der Waals surface area contributed by atoms with Crippen molar-refractivity contribution in [2.75, 3.05) is 11.9 Å². The molecule has 4 nitrogen and oxygen atoms in total. The van der Waals surface area contributed by atoms with Gasteiger partial charge in [-0.3, -0.25) is 9.59 Å². The second-order valence-corrected chi connectivity index (χ2v) is 6.80. The minimum Gasteiger partial charge on any atom is -0.347 e. The molecular weight excluding hydrogens is 348 g/mol. The molecule has 2 N–H and O–H groups in total. The van der Waals surface area contributed by atoms with Gasteiger partial charge in [-0.2, -0.15) is 0 Å². The fourth-order valence-corrected chi connectivity index (χ4v) is 3.26. The first-order chi connectivity index (χ1) is 13.6. The molecule has 0 spiro atoms. The fourth-order valence-electron chi connectivity index (χ4n) is 3.26. The van der Waals surface area contributed by atoms with Gasteiger partial charge in [0, 0.05) is 18.2 Å². The van der Waals surface area contributed by atoms with Gasteiger partial charge in [0.2, 0.25) is 0 Å². The molecular formula is C24H24N2O2. The number of aryl methyl sites for hydroxylation is 2. The Kier molecular flexibility index (Phi) is 6.22. The summed E-state index contributed by atoms with van der Waals surface area (Å²) in [5.74, 6) is -1.32. The number of nitrogens with one attached hydrogen (secondary N) is 2. The SMILES string of the molecule is Cc1cccc(C)c1NC(=O)C(=O)NCC(c1ccccc1)c1ccccc1. The van der Waals surface area contributed by atoms with E-state index in [0.717, 1.165) is 22.3 Å². The summed E-state index contributed by atoms with van der Waals surface area (Å²) in [7, 11) is 0. The molecule has 2 amide bonds. The van der Waals surface area contributed by atoms with E-state index in [1.165, 1.54) is 0 Å². The molecule has 3 rings (SSSR count). The third-order valence-electron chi connectivity index (χ3n) is 4.80. The molecule has 0 unspecified atom stereocenters. The zero-order valence-corrected chi connectivity index (χ0v) is 16.1. The Bertz CT molecular complexity index is 893. The van der Waals surface area contributed by atoms with Crippen LogP contribution in [0.15, 0.2) is 78.9 Å². The normalized spacial score (nSPS) is 10.5. The zero-order valence-electron chi connectivity index (χ0n) is 16.1. The number of rotatable bonds is 5. The van der Waals surface area contributed by atoms with E-state index >= 15 is 0 Å². The molecule has 0 aliphatic heterocycles. The van der Waals surface area contributed by atoms with Gasteiger partial charge in [-0.15, -0.1) is 0 Å². The number of benzene rings is 3. The number of hydrogen-bond acceptors (Lipinski definition) is 2. The Morgan fingerprint density at radius 1 is 0.714 bits per heavy atom. The summed E-state index contributed by atoms with van der Waals surface area (Å²) in [5.41, 5.74) is 4.71. The monoisotopic (exact) mass is 372 g/mol. The molecule has 0 radical (unpaired) electrons. The maximum Gasteiger partial charge on any atom is 0.313 e. The summed E-state index contributed by atoms with van der Waals surface area (Å²) in [6.45, 7) is 4.15. The van der Waals surface area contributed by atoms with Crippen molar-refractivity contribution in [1.82, 2.24) is 5.32 Å². The largest absolute Gasteiger partial charge is 0.347 e. The summed E-state index contributed by atoms with van der Waals surface area (Å²) < 4.78 is 0. The first-order valence-corrected chi connectivity index (χ1v) is 9.31. The van der Waals surface area contributed by atoms with Gasteiger partial charge in [-0.05, 0) is 36.1 Å². The number of carbonyl (C=O) groups is 2. The Labute approximate surface area is 165 Å². The molecule has 3 aromatic rings. The van der Waals surface area contributed by atoms with E-state index in [9.17, 15) is 9.59 Å². The quantitative estimate of drug-likeness (QED) is 0.660. The van der Waals surface area contributed by atoms with Gasteiger partial charge in [0.25, 0.3) is 0 Å². The molecule has 0 saturated carbocycles. The summed E-state index contributed by atoms with van der Waals surface area (Å²) in [4.78, 5) is 24.8. The number of para-hydroxylation sites is 1. The smallest absolute Gasteiger partial charge is 0.313 e. The summed E-state index contributed by atoms with van der Waals surface area (Å²) in [6, 6.07) is 25.7. The van der Waals surface area contributed by atoms with Crippen LogP contribution in [0, 0.1) is 13.8 Å². The van der Waals surface area contributed by atoms with E-state index in [2.05, 4.69) is 10.6 Å². The van der Waals surface area contributed by atoms with E-state index < -0.39 is 11.8 Å². The van der Waals surface area contributed by atoms with Crippen molar-refractivity contribution in [1.29, 1.82) is 0 Å². The third kappa shape index (κ3) is 4.65. The average molecular weight is 372 g/mol. The van der Waals surface area contributed by atoms with Crippen LogP contribution in [0.2, 0.25) is 0 Å². The van der Waals surface area contributed by atoms with Crippen LogP contribution in [0.1, 0.15) is 28.2 Å². The minimum absolute atomic E-state index is 0.0284. The highest BCUT2D eigenvalue weighted by molar-refractivity contribution is 6.39. The number of carbonyl (C=O) groups excluding carboxylic acids is 2. The molecule has 0 aliphatic rings. The first-order valence-electron chi connectivity index (χ1n) is 9.31. The van der Waals surface area contributed by atoms with Crippen LogP contribution in [0.25, 0.3) is 0 Å². The van der Waals surface area contributed by atoms with Gasteiger partial charge in [0.1, 0.15) is 0 Å². The van der Waals surface area contributed by atoms with Crippen LogP contribution >= 0.6 is 0 Å². The predicted molar refractivity (Wildman–Crippen MR) is 112 cm³/mol. The molecule has 0 aromatic heterocycles. The Morgan fingerprint density at radius 2 is 1.21 bits per heavy atom. The van der Waals surface area contributed by atoms with E-state index in [1.54, 1.807) is 0 Å². The standard InChI is InChI=1S/C24H24N2O2/c1-17-10-9-11-18(2)22(17)26-24(28)23(27)25-16-21(19-12-5-3-6-13-19)20-14-7-4-8-15-20/h3-15,21H,16H2,1-2H3,(H,25,27)(H,26,28). The van der Waals surface area contributed by atoms with Gasteiger partial charge >= 0.3 is 11.8 Å². The summed E-state index contributed by atoms with van der Waals surface area (Å²) in [5, 5.41) is 5.52. The topological polar surface area (TPSA) is 58.2 Å². The molecule has 142 valence electrons. The summed E-state index contributed by atoms with van der Waals surface area (Å²) in [6.07, 6.45) is 0. The van der Waals surface area contributed by atoms with Gasteiger partial charge in [0.05, 0.1) is 0 Å². The second kappa shape index (κ2) is 9.00. The van der Waals surface area contributed by atoms with Crippen molar-refractivity contribution in [3.05, 3.63) is 101 Å². The minimum atomic E-state index is -0.655. The van der Waals surface area contributed by atoms with Crippen molar-refractivity contribution in [3.8, 4) is 0 Å². The van der Waals surface area contributed by atoms with Crippen molar-refractivity contribution in [2.24, 2.45) is 0 Å². The molecule has 3 aromatic carbocycles. The van der Waals surface area contributed by atoms with Gasteiger partial charge in [-0.25, -0.2) is 0 Å². The van der Waals surface area contributed by atoms with Crippen molar-refractivity contribution in [2.45, 2.75) is 19.8 Å². The Morgan fingerprint density at radius 3 is 1.71 bits per heavy atom. The Hall–Kier alpha value is -3.40. The molecule has 0 fully saturated rings. The van der Waals surface area contributed by atoms with Crippen LogP contribution in [0.4, 0.5) is 5.69 Å². The molecule has 4 heteroatoms. The summed E-state index contributed by atoms with van der Waals surface area (Å²) >= 11 is 0. The highest BCUT2D eigenvalue weighted by Crippen LogP contribution is 2.24. The lowest BCUT2D eigenvalue weighted by Gasteiger charge is -2.19. The molecule has 0 bridgehead atoms. The average Bonchev–Trinajstić information content (AvgIpc) is 2.72. The van der Waals surface area contributed by atoms with Crippen LogP contribution < -0.4 is 10.6 Å². The molecule has 0 saturated heterocycles. The zero-order chi connectivity index (χ0) is 19.9. The van der Waals surface area contributed by atoms with Crippen molar-refractivity contribution in [3.63, 3.8) is 0 Å². The van der Waals surface area contributed by atoms with Crippen molar-refractivity contribution >= 4 is 17.5 Å². The predicted octanol–water partition coefficient (Wildman–Crippen LogP) is 4.19. The van der Waals surface area contributed by atoms with E-state index in [-0.39, 0.29) is 5.92 Å². The van der Waals surface area contributed by atoms with Gasteiger partial charge in [-0.1, -0.05) is 78.9 Å². The van der Waals surface area contributed by atoms with Crippen LogP contribution in [0.3, 0.4) is 0 Å². The van der Waals surface area contributed by atoms with E-state index in [0.29, 0.717) is 12.2 Å². The van der Waals surface area contributed by atoms with Gasteiger partial charge in [0.15, 0.2) is 0 Å². The van der Waals surface area contributed by atoms with Gasteiger partial charge < -0.3 is 10.6 Å².